The van der Waals surface area contributed by atoms with Gasteiger partial charge in [-0.2, -0.15) is 0 Å². The maximum absolute atomic E-state index is 14.0. The molecule has 4 fully saturated rings. The summed E-state index contributed by atoms with van der Waals surface area (Å²) in [6.45, 7) is 0.343. The molecule has 3 heterocycles. The van der Waals surface area contributed by atoms with E-state index in [1.54, 1.807) is 0 Å². The van der Waals surface area contributed by atoms with Crippen molar-refractivity contribution >= 4 is 22.7 Å². The predicted octanol–water partition coefficient (Wildman–Crippen LogP) is 4.38. The molecule has 210 valence electrons. The average molecular weight is 537 g/mol. The minimum atomic E-state index is -1.34. The molecule has 0 amide bonds. The molecule has 1 aromatic carbocycles. The number of hydrogen-bond acceptors (Lipinski definition) is 7. The Labute approximate surface area is 229 Å². The second-order valence-electron chi connectivity index (χ2n) is 12.0. The van der Waals surface area contributed by atoms with Crippen LogP contribution in [0.5, 0.6) is 0 Å². The fraction of sp³-hybridized carbons (Fsp3) is 0.667. The first kappa shape index (κ1) is 26.4. The smallest absolute Gasteiger partial charge is 0.360 e. The minimum Gasteiger partial charge on any atom is -0.476 e. The van der Waals surface area contributed by atoms with Crippen LogP contribution in [0.25, 0.3) is 11.0 Å². The van der Waals surface area contributed by atoms with Gasteiger partial charge in [-0.1, -0.05) is 43.0 Å². The summed E-state index contributed by atoms with van der Waals surface area (Å²) in [5, 5.41) is 13.7. The van der Waals surface area contributed by atoms with Gasteiger partial charge < -0.3 is 19.2 Å². The molecule has 1 N–H and O–H groups in total. The van der Waals surface area contributed by atoms with Crippen LogP contribution < -0.4 is 5.56 Å². The molecule has 2 aliphatic carbocycles. The third kappa shape index (κ3) is 5.23. The fourth-order valence-corrected chi connectivity index (χ4v) is 8.19. The van der Waals surface area contributed by atoms with E-state index in [-0.39, 0.29) is 24.9 Å². The van der Waals surface area contributed by atoms with Crippen molar-refractivity contribution in [2.24, 2.45) is 17.0 Å². The maximum Gasteiger partial charge on any atom is 0.360 e. The number of carboxylic acid groups (broad SMARTS) is 1. The zero-order valence-corrected chi connectivity index (χ0v) is 22.8. The number of methoxy groups -OCH3 is 1. The lowest BCUT2D eigenvalue weighted by molar-refractivity contribution is -0.129. The van der Waals surface area contributed by atoms with E-state index >= 15 is 0 Å². The number of piperidine rings is 1. The Kier molecular flexibility index (Phi) is 7.71. The first-order valence-electron chi connectivity index (χ1n) is 14.7. The van der Waals surface area contributed by atoms with Crippen molar-refractivity contribution in [1.29, 1.82) is 0 Å². The van der Waals surface area contributed by atoms with Crippen LogP contribution in [-0.4, -0.2) is 69.7 Å². The van der Waals surface area contributed by atoms with Crippen LogP contribution in [-0.2, 0) is 14.4 Å². The molecule has 4 aliphatic rings. The monoisotopic (exact) mass is 536 g/mol. The van der Waals surface area contributed by atoms with Crippen LogP contribution in [0.3, 0.4) is 0 Å². The van der Waals surface area contributed by atoms with Gasteiger partial charge in [-0.25, -0.2) is 9.78 Å². The summed E-state index contributed by atoms with van der Waals surface area (Å²) < 4.78 is 6.76. The number of carbonyl (C=O) groups is 1. The summed E-state index contributed by atoms with van der Waals surface area (Å²) in [6.07, 6.45) is 13.8. The molecule has 6 rings (SSSR count). The number of ether oxygens (including phenoxy) is 1. The van der Waals surface area contributed by atoms with Crippen molar-refractivity contribution in [3.63, 3.8) is 0 Å². The number of carboxylic acids is 1. The van der Waals surface area contributed by atoms with Crippen LogP contribution in [0.4, 0.5) is 0 Å². The lowest BCUT2D eigenvalue weighted by atomic mass is 9.76. The summed E-state index contributed by atoms with van der Waals surface area (Å²) in [5.41, 5.74) is 0.277. The van der Waals surface area contributed by atoms with E-state index < -0.39 is 17.2 Å². The average Bonchev–Trinajstić information content (AvgIpc) is 3.08. The van der Waals surface area contributed by atoms with Crippen molar-refractivity contribution in [2.45, 2.75) is 94.8 Å². The third-order valence-electron chi connectivity index (χ3n) is 9.66. The Morgan fingerprint density at radius 2 is 1.64 bits per heavy atom. The van der Waals surface area contributed by atoms with Crippen molar-refractivity contribution < 1.29 is 19.5 Å². The SMILES string of the molecule is COCCO/N=C(\C(=O)O)c1nc2ccccc2n([C@H]2C[C@H]3CC[C@@H](C2)N3C2CC3CCCCC(C3)C2)c1=O. The van der Waals surface area contributed by atoms with Gasteiger partial charge in [0.15, 0.2) is 5.69 Å². The molecule has 9 heteroatoms. The second-order valence-corrected chi connectivity index (χ2v) is 12.0. The van der Waals surface area contributed by atoms with Gasteiger partial charge in [0.05, 0.1) is 17.6 Å². The van der Waals surface area contributed by atoms with Gasteiger partial charge in [0.1, 0.15) is 6.61 Å². The summed E-state index contributed by atoms with van der Waals surface area (Å²) in [6, 6.07) is 9.10. The lowest BCUT2D eigenvalue weighted by Gasteiger charge is -2.48. The molecule has 0 spiro atoms. The highest BCUT2D eigenvalue weighted by molar-refractivity contribution is 6.41. The van der Waals surface area contributed by atoms with Gasteiger partial charge in [0, 0.05) is 31.3 Å². The normalized spacial score (nSPS) is 31.3. The maximum atomic E-state index is 14.0. The second kappa shape index (κ2) is 11.4. The number of oxime groups is 1. The van der Waals surface area contributed by atoms with Crippen molar-refractivity contribution in [3.8, 4) is 0 Å². The molecule has 2 aromatic rings. The number of nitrogens with zero attached hydrogens (tertiary/aromatic N) is 4. The van der Waals surface area contributed by atoms with E-state index in [9.17, 15) is 14.7 Å². The molecule has 39 heavy (non-hydrogen) atoms. The van der Waals surface area contributed by atoms with E-state index in [0.29, 0.717) is 23.6 Å². The van der Waals surface area contributed by atoms with E-state index in [1.165, 1.54) is 64.9 Å². The number of aliphatic carboxylic acids is 1. The lowest BCUT2D eigenvalue weighted by Crippen LogP contribution is -2.52. The number of hydrogen-bond donors (Lipinski definition) is 1. The topological polar surface area (TPSA) is 106 Å². The molecule has 2 saturated heterocycles. The van der Waals surface area contributed by atoms with E-state index in [2.05, 4.69) is 15.0 Å². The Bertz CT molecular complexity index is 1260. The van der Waals surface area contributed by atoms with Gasteiger partial charge in [0.2, 0.25) is 5.71 Å². The molecule has 1 aromatic heterocycles. The predicted molar refractivity (Wildman–Crippen MR) is 148 cm³/mol. The number of fused-ring (bicyclic) bond motifs is 5. The van der Waals surface area contributed by atoms with Gasteiger partial charge in [-0.15, -0.1) is 0 Å². The van der Waals surface area contributed by atoms with Gasteiger partial charge in [0.25, 0.3) is 5.56 Å². The quantitative estimate of drug-likeness (QED) is 0.303. The molecule has 2 saturated carbocycles. The Morgan fingerprint density at radius 1 is 0.949 bits per heavy atom. The van der Waals surface area contributed by atoms with E-state index in [1.807, 2.05) is 28.8 Å². The fourth-order valence-electron chi connectivity index (χ4n) is 8.19. The third-order valence-corrected chi connectivity index (χ3v) is 9.66. The standard InChI is InChI=1S/C30H40N4O5/c1-38-12-13-39-32-28(30(36)37)27-29(35)34(26-9-5-4-8-25(26)31-27)24-17-21-10-11-22(18-24)33(21)23-15-19-6-2-3-7-20(14-19)16-23/h4-5,8-9,19-24H,2-3,6-7,10-18H2,1H3,(H,36,37)/b32-28-/t19?,20?,21-,22+,23?,24+. The highest BCUT2D eigenvalue weighted by Crippen LogP contribution is 2.47. The van der Waals surface area contributed by atoms with Crippen molar-refractivity contribution in [1.82, 2.24) is 14.5 Å². The molecular weight excluding hydrogens is 496 g/mol. The van der Waals surface area contributed by atoms with Crippen LogP contribution >= 0.6 is 0 Å². The number of para-hydroxylation sites is 2. The highest BCUT2D eigenvalue weighted by atomic mass is 16.6. The highest BCUT2D eigenvalue weighted by Gasteiger charge is 2.47. The Morgan fingerprint density at radius 3 is 2.31 bits per heavy atom. The Balaban J connectivity index is 1.32. The Hall–Kier alpha value is -2.78. The largest absolute Gasteiger partial charge is 0.476 e. The van der Waals surface area contributed by atoms with Crippen molar-refractivity contribution in [2.75, 3.05) is 20.3 Å². The first-order valence-corrected chi connectivity index (χ1v) is 14.7. The molecule has 2 unspecified atom stereocenters. The summed E-state index contributed by atoms with van der Waals surface area (Å²) in [4.78, 5) is 38.6. The summed E-state index contributed by atoms with van der Waals surface area (Å²) in [5.74, 6) is 0.414. The van der Waals surface area contributed by atoms with Gasteiger partial charge in [-0.05, 0) is 68.9 Å². The molecule has 9 nitrogen and oxygen atoms in total. The minimum absolute atomic E-state index is 0.00628. The zero-order valence-electron chi connectivity index (χ0n) is 22.8. The van der Waals surface area contributed by atoms with Crippen LogP contribution in [0.15, 0.2) is 34.2 Å². The molecule has 5 atom stereocenters. The first-order chi connectivity index (χ1) is 19.0. The van der Waals surface area contributed by atoms with Gasteiger partial charge in [-0.3, -0.25) is 9.69 Å². The summed E-state index contributed by atoms with van der Waals surface area (Å²) in [7, 11) is 1.52. The van der Waals surface area contributed by atoms with Gasteiger partial charge >= 0.3 is 5.97 Å². The number of aromatic nitrogens is 2. The molecule has 4 bridgehead atoms. The number of benzene rings is 1. The van der Waals surface area contributed by atoms with Crippen LogP contribution in [0.1, 0.15) is 82.4 Å². The van der Waals surface area contributed by atoms with Crippen molar-refractivity contribution in [3.05, 3.63) is 40.3 Å². The van der Waals surface area contributed by atoms with Crippen LogP contribution in [0.2, 0.25) is 0 Å². The van der Waals surface area contributed by atoms with E-state index in [4.69, 9.17) is 9.57 Å². The zero-order chi connectivity index (χ0) is 26.9. The molecular formula is C30H40N4O5. The molecule has 2 aliphatic heterocycles. The van der Waals surface area contributed by atoms with E-state index in [0.717, 1.165) is 30.2 Å². The molecule has 0 radical (unpaired) electrons. The summed E-state index contributed by atoms with van der Waals surface area (Å²) >= 11 is 0. The number of rotatable bonds is 8. The van der Waals surface area contributed by atoms with Crippen LogP contribution in [0, 0.1) is 11.8 Å².